The maximum absolute atomic E-state index is 11.8. The van der Waals surface area contributed by atoms with Crippen LogP contribution in [0.25, 0.3) is 0 Å². The lowest BCUT2D eigenvalue weighted by molar-refractivity contribution is 0.0183. The van der Waals surface area contributed by atoms with Crippen LogP contribution in [-0.2, 0) is 11.2 Å². The van der Waals surface area contributed by atoms with Crippen molar-refractivity contribution >= 4 is 0 Å². The molecule has 1 aromatic rings. The number of aryl methyl sites for hydroxylation is 2. The van der Waals surface area contributed by atoms with Gasteiger partial charge >= 0.3 is 0 Å². The second-order valence-electron chi connectivity index (χ2n) is 4.85. The van der Waals surface area contributed by atoms with E-state index in [1.807, 2.05) is 0 Å². The Kier molecular flexibility index (Phi) is 7.60. The van der Waals surface area contributed by atoms with E-state index >= 15 is 0 Å². The Morgan fingerprint density at radius 2 is 2.11 bits per heavy atom. The number of nitrogens with one attached hydrogen (secondary N) is 1. The smallest absolute Gasteiger partial charge is 0.261 e. The quantitative estimate of drug-likeness (QED) is 0.696. The summed E-state index contributed by atoms with van der Waals surface area (Å²) in [6.07, 6.45) is -0.329. The van der Waals surface area contributed by atoms with E-state index in [0.29, 0.717) is 19.2 Å². The number of hydrogen-bond acceptors (Lipinski definition) is 2. The monoisotopic (exact) mass is 271 g/mol. The molecule has 19 heavy (non-hydrogen) atoms. The fourth-order valence-corrected chi connectivity index (χ4v) is 1.90. The Morgan fingerprint density at radius 3 is 2.79 bits per heavy atom. The van der Waals surface area contributed by atoms with Gasteiger partial charge in [0.25, 0.3) is 6.43 Å². The summed E-state index contributed by atoms with van der Waals surface area (Å²) in [5.74, 6) is 0. The molecule has 0 aromatic heterocycles. The van der Waals surface area contributed by atoms with Crippen molar-refractivity contribution in [2.75, 3.05) is 19.8 Å². The summed E-state index contributed by atoms with van der Waals surface area (Å²) in [6.45, 7) is 4.66. The Bertz CT molecular complexity index is 358. The topological polar surface area (TPSA) is 21.3 Å². The van der Waals surface area contributed by atoms with Crippen molar-refractivity contribution in [3.8, 4) is 0 Å². The van der Waals surface area contributed by atoms with Crippen molar-refractivity contribution in [1.82, 2.24) is 5.32 Å². The molecular weight excluding hydrogens is 248 g/mol. The van der Waals surface area contributed by atoms with Gasteiger partial charge < -0.3 is 10.1 Å². The molecule has 0 fully saturated rings. The minimum atomic E-state index is -2.38. The van der Waals surface area contributed by atoms with Crippen LogP contribution in [-0.4, -0.2) is 32.2 Å². The van der Waals surface area contributed by atoms with Crippen molar-refractivity contribution in [1.29, 1.82) is 0 Å². The molecule has 4 heteroatoms. The first-order valence-electron chi connectivity index (χ1n) is 6.72. The SMILES string of the molecule is Cc1cccc(CCC(C)NCCOCC(F)F)c1. The average molecular weight is 271 g/mol. The van der Waals surface area contributed by atoms with E-state index in [2.05, 4.69) is 43.4 Å². The van der Waals surface area contributed by atoms with Crippen LogP contribution in [0.5, 0.6) is 0 Å². The highest BCUT2D eigenvalue weighted by Gasteiger charge is 2.04. The highest BCUT2D eigenvalue weighted by Crippen LogP contribution is 2.07. The number of benzene rings is 1. The predicted molar refractivity (Wildman–Crippen MR) is 73.8 cm³/mol. The van der Waals surface area contributed by atoms with Gasteiger partial charge in [0, 0.05) is 12.6 Å². The van der Waals surface area contributed by atoms with Crippen LogP contribution in [0, 0.1) is 6.92 Å². The predicted octanol–water partition coefficient (Wildman–Crippen LogP) is 3.19. The molecule has 0 aliphatic rings. The summed E-state index contributed by atoms with van der Waals surface area (Å²) < 4.78 is 28.4. The third kappa shape index (κ3) is 7.90. The van der Waals surface area contributed by atoms with Gasteiger partial charge in [-0.05, 0) is 32.3 Å². The molecular formula is C15H23F2NO. The normalized spacial score (nSPS) is 12.9. The molecule has 0 radical (unpaired) electrons. The van der Waals surface area contributed by atoms with Gasteiger partial charge in [-0.15, -0.1) is 0 Å². The van der Waals surface area contributed by atoms with Crippen molar-refractivity contribution in [3.63, 3.8) is 0 Å². The average Bonchev–Trinajstić information content (AvgIpc) is 2.35. The first-order valence-corrected chi connectivity index (χ1v) is 6.72. The third-order valence-electron chi connectivity index (χ3n) is 2.93. The molecule has 0 aliphatic heterocycles. The number of hydrogen-bond donors (Lipinski definition) is 1. The molecule has 0 saturated heterocycles. The fraction of sp³-hybridized carbons (Fsp3) is 0.600. The number of halogens is 2. The van der Waals surface area contributed by atoms with Gasteiger partial charge in [0.2, 0.25) is 0 Å². The minimum Gasteiger partial charge on any atom is -0.374 e. The fourth-order valence-electron chi connectivity index (χ4n) is 1.90. The van der Waals surface area contributed by atoms with E-state index < -0.39 is 13.0 Å². The van der Waals surface area contributed by atoms with E-state index in [0.717, 1.165) is 12.8 Å². The summed E-state index contributed by atoms with van der Waals surface area (Å²) in [7, 11) is 0. The Hall–Kier alpha value is -1.00. The van der Waals surface area contributed by atoms with E-state index in [1.54, 1.807) is 0 Å². The summed E-state index contributed by atoms with van der Waals surface area (Å²) >= 11 is 0. The van der Waals surface area contributed by atoms with Gasteiger partial charge in [0.15, 0.2) is 0 Å². The van der Waals surface area contributed by atoms with E-state index in [4.69, 9.17) is 4.74 Å². The molecule has 2 nitrogen and oxygen atoms in total. The van der Waals surface area contributed by atoms with Gasteiger partial charge in [0.1, 0.15) is 6.61 Å². The largest absolute Gasteiger partial charge is 0.374 e. The van der Waals surface area contributed by atoms with Gasteiger partial charge in [-0.2, -0.15) is 0 Å². The maximum Gasteiger partial charge on any atom is 0.261 e. The molecule has 1 atom stereocenters. The van der Waals surface area contributed by atoms with E-state index in [1.165, 1.54) is 11.1 Å². The van der Waals surface area contributed by atoms with Crippen LogP contribution in [0.4, 0.5) is 8.78 Å². The van der Waals surface area contributed by atoms with Gasteiger partial charge in [-0.3, -0.25) is 0 Å². The first kappa shape index (κ1) is 16.1. The van der Waals surface area contributed by atoms with Gasteiger partial charge in [0.05, 0.1) is 6.61 Å². The van der Waals surface area contributed by atoms with Crippen molar-refractivity contribution in [2.45, 2.75) is 39.2 Å². The Labute approximate surface area is 114 Å². The van der Waals surface area contributed by atoms with Crippen molar-refractivity contribution < 1.29 is 13.5 Å². The second-order valence-corrected chi connectivity index (χ2v) is 4.85. The molecule has 1 aromatic carbocycles. The Morgan fingerprint density at radius 1 is 1.32 bits per heavy atom. The van der Waals surface area contributed by atoms with Crippen molar-refractivity contribution in [2.24, 2.45) is 0 Å². The third-order valence-corrected chi connectivity index (χ3v) is 2.93. The molecule has 1 N–H and O–H groups in total. The molecule has 1 rings (SSSR count). The zero-order valence-electron chi connectivity index (χ0n) is 11.7. The molecule has 1 unspecified atom stereocenters. The maximum atomic E-state index is 11.8. The zero-order chi connectivity index (χ0) is 14.1. The lowest BCUT2D eigenvalue weighted by Gasteiger charge is -2.14. The Balaban J connectivity index is 2.09. The summed E-state index contributed by atoms with van der Waals surface area (Å²) in [5.41, 5.74) is 2.61. The molecule has 108 valence electrons. The minimum absolute atomic E-state index is 0.332. The van der Waals surface area contributed by atoms with Crippen LogP contribution in [0.2, 0.25) is 0 Å². The van der Waals surface area contributed by atoms with Crippen molar-refractivity contribution in [3.05, 3.63) is 35.4 Å². The number of rotatable bonds is 9. The second kappa shape index (κ2) is 8.99. The summed E-state index contributed by atoms with van der Waals surface area (Å²) in [5, 5.41) is 3.27. The highest BCUT2D eigenvalue weighted by molar-refractivity contribution is 5.22. The van der Waals surface area contributed by atoms with Gasteiger partial charge in [-0.1, -0.05) is 29.8 Å². The molecule has 0 aliphatic carbocycles. The lowest BCUT2D eigenvalue weighted by atomic mass is 10.0. The molecule has 0 bridgehead atoms. The molecule has 0 saturated carbocycles. The molecule has 0 spiro atoms. The molecule has 0 heterocycles. The lowest BCUT2D eigenvalue weighted by Crippen LogP contribution is -2.30. The van der Waals surface area contributed by atoms with Crippen LogP contribution in [0.3, 0.4) is 0 Å². The number of alkyl halides is 2. The standard InChI is InChI=1S/C15H23F2NO/c1-12-4-3-5-14(10-12)7-6-13(2)18-8-9-19-11-15(16)17/h3-5,10,13,15,18H,6-9,11H2,1-2H3. The summed E-state index contributed by atoms with van der Waals surface area (Å²) in [4.78, 5) is 0. The van der Waals surface area contributed by atoms with E-state index in [-0.39, 0.29) is 0 Å². The summed E-state index contributed by atoms with van der Waals surface area (Å²) in [6, 6.07) is 8.84. The van der Waals surface area contributed by atoms with Crippen LogP contribution in [0.15, 0.2) is 24.3 Å². The van der Waals surface area contributed by atoms with Crippen LogP contribution < -0.4 is 5.32 Å². The van der Waals surface area contributed by atoms with E-state index in [9.17, 15) is 8.78 Å². The van der Waals surface area contributed by atoms with Gasteiger partial charge in [-0.25, -0.2) is 8.78 Å². The molecule has 0 amide bonds. The highest BCUT2D eigenvalue weighted by atomic mass is 19.3. The van der Waals surface area contributed by atoms with Crippen LogP contribution in [0.1, 0.15) is 24.5 Å². The zero-order valence-corrected chi connectivity index (χ0v) is 11.7. The number of ether oxygens (including phenoxy) is 1. The van der Waals surface area contributed by atoms with Crippen LogP contribution >= 0.6 is 0 Å². The first-order chi connectivity index (χ1) is 9.08.